The van der Waals surface area contributed by atoms with Crippen LogP contribution in [0.15, 0.2) is 54.6 Å². The minimum absolute atomic E-state index is 0.166. The molecule has 0 saturated heterocycles. The summed E-state index contributed by atoms with van der Waals surface area (Å²) in [5, 5.41) is 11.4. The molecule has 1 aromatic heterocycles. The number of rotatable bonds is 7. The topological polar surface area (TPSA) is 124 Å². The van der Waals surface area contributed by atoms with Gasteiger partial charge in [-0.1, -0.05) is 38.1 Å². The van der Waals surface area contributed by atoms with E-state index in [9.17, 15) is 14.0 Å². The second-order valence-corrected chi connectivity index (χ2v) is 7.55. The van der Waals surface area contributed by atoms with Crippen LogP contribution in [0, 0.1) is 5.82 Å². The second kappa shape index (κ2) is 8.28. The molecule has 3 aromatic rings. The van der Waals surface area contributed by atoms with Gasteiger partial charge in [-0.15, -0.1) is 10.2 Å². The molecule has 2 aromatic carbocycles. The van der Waals surface area contributed by atoms with Crippen molar-refractivity contribution >= 4 is 17.6 Å². The lowest BCUT2D eigenvalue weighted by Crippen LogP contribution is -2.29. The van der Waals surface area contributed by atoms with Gasteiger partial charge in [0.2, 0.25) is 5.91 Å². The third kappa shape index (κ3) is 4.60. The van der Waals surface area contributed by atoms with E-state index < -0.39 is 11.8 Å². The van der Waals surface area contributed by atoms with Crippen LogP contribution in [0.4, 0.5) is 10.2 Å². The van der Waals surface area contributed by atoms with Crippen molar-refractivity contribution < 1.29 is 14.0 Å². The SMILES string of the molecule is CC(C)(CNc1nnc(-c2cccc(C(N)=O)c2)cc1C(N)=O)c1ccc(F)cc1. The smallest absolute Gasteiger partial charge is 0.252 e. The van der Waals surface area contributed by atoms with Crippen molar-refractivity contribution in [3.05, 3.63) is 77.1 Å². The Bertz CT molecular complexity index is 1100. The highest BCUT2D eigenvalue weighted by Crippen LogP contribution is 2.26. The van der Waals surface area contributed by atoms with Crippen LogP contribution in [-0.2, 0) is 5.41 Å². The average Bonchev–Trinajstić information content (AvgIpc) is 2.72. The van der Waals surface area contributed by atoms with Crippen LogP contribution in [0.3, 0.4) is 0 Å². The fraction of sp³-hybridized carbons (Fsp3) is 0.182. The molecule has 0 unspecified atom stereocenters. The lowest BCUT2D eigenvalue weighted by molar-refractivity contribution is 0.0992. The maximum Gasteiger partial charge on any atom is 0.252 e. The third-order valence-corrected chi connectivity index (χ3v) is 4.83. The molecule has 0 aliphatic carbocycles. The number of amides is 2. The number of halogens is 1. The summed E-state index contributed by atoms with van der Waals surface area (Å²) in [4.78, 5) is 23.4. The summed E-state index contributed by atoms with van der Waals surface area (Å²) < 4.78 is 13.2. The molecule has 5 N–H and O–H groups in total. The Morgan fingerprint density at radius 1 is 1.00 bits per heavy atom. The summed E-state index contributed by atoms with van der Waals surface area (Å²) in [7, 11) is 0. The Morgan fingerprint density at radius 2 is 1.70 bits per heavy atom. The molecule has 0 atom stereocenters. The van der Waals surface area contributed by atoms with E-state index in [2.05, 4.69) is 15.5 Å². The van der Waals surface area contributed by atoms with Gasteiger partial charge in [0.25, 0.3) is 5.91 Å². The predicted octanol–water partition coefficient (Wildman–Crippen LogP) is 2.87. The largest absolute Gasteiger partial charge is 0.367 e. The number of aromatic nitrogens is 2. The average molecular weight is 407 g/mol. The third-order valence-electron chi connectivity index (χ3n) is 4.83. The maximum absolute atomic E-state index is 13.2. The molecule has 0 saturated carbocycles. The fourth-order valence-corrected chi connectivity index (χ4v) is 2.99. The predicted molar refractivity (Wildman–Crippen MR) is 112 cm³/mol. The quantitative estimate of drug-likeness (QED) is 0.555. The van der Waals surface area contributed by atoms with Crippen molar-refractivity contribution in [2.24, 2.45) is 11.5 Å². The highest BCUT2D eigenvalue weighted by molar-refractivity contribution is 5.98. The lowest BCUT2D eigenvalue weighted by Gasteiger charge is -2.26. The van der Waals surface area contributed by atoms with Gasteiger partial charge in [0, 0.05) is 23.1 Å². The van der Waals surface area contributed by atoms with E-state index >= 15 is 0 Å². The zero-order valence-corrected chi connectivity index (χ0v) is 16.6. The van der Waals surface area contributed by atoms with Crippen molar-refractivity contribution in [1.82, 2.24) is 10.2 Å². The van der Waals surface area contributed by atoms with Crippen LogP contribution in [0.2, 0.25) is 0 Å². The van der Waals surface area contributed by atoms with Gasteiger partial charge in [0.15, 0.2) is 5.82 Å². The maximum atomic E-state index is 13.2. The van der Waals surface area contributed by atoms with Crippen molar-refractivity contribution in [3.8, 4) is 11.3 Å². The first-order valence-electron chi connectivity index (χ1n) is 9.25. The molecule has 3 rings (SSSR count). The van der Waals surface area contributed by atoms with Crippen LogP contribution in [0.25, 0.3) is 11.3 Å². The Labute approximate surface area is 173 Å². The molecule has 0 radical (unpaired) electrons. The zero-order valence-electron chi connectivity index (χ0n) is 16.6. The van der Waals surface area contributed by atoms with Gasteiger partial charge in [-0.3, -0.25) is 9.59 Å². The molecule has 0 fully saturated rings. The molecule has 2 amide bonds. The van der Waals surface area contributed by atoms with Crippen LogP contribution >= 0.6 is 0 Å². The fourth-order valence-electron chi connectivity index (χ4n) is 2.99. The Kier molecular flexibility index (Phi) is 5.77. The summed E-state index contributed by atoms with van der Waals surface area (Å²) in [6.07, 6.45) is 0. The first-order valence-corrected chi connectivity index (χ1v) is 9.25. The van der Waals surface area contributed by atoms with Gasteiger partial charge in [0.1, 0.15) is 5.82 Å². The normalized spacial score (nSPS) is 11.2. The van der Waals surface area contributed by atoms with Gasteiger partial charge in [-0.25, -0.2) is 4.39 Å². The summed E-state index contributed by atoms with van der Waals surface area (Å²) in [5.41, 5.74) is 12.9. The number of carbonyl (C=O) groups excluding carboxylic acids is 2. The minimum atomic E-state index is -0.667. The summed E-state index contributed by atoms with van der Waals surface area (Å²) in [5.74, 6) is -1.30. The molecule has 8 heteroatoms. The van der Waals surface area contributed by atoms with Gasteiger partial charge in [-0.05, 0) is 35.9 Å². The number of benzene rings is 2. The number of carbonyl (C=O) groups is 2. The molecular weight excluding hydrogens is 385 g/mol. The zero-order chi connectivity index (χ0) is 21.9. The molecular formula is C22H22FN5O2. The molecule has 0 aliphatic heterocycles. The Balaban J connectivity index is 1.87. The molecule has 1 heterocycles. The number of nitrogens with two attached hydrogens (primary N) is 2. The van der Waals surface area contributed by atoms with Crippen LogP contribution in [0.1, 0.15) is 40.1 Å². The van der Waals surface area contributed by atoms with Crippen molar-refractivity contribution in [2.75, 3.05) is 11.9 Å². The molecule has 0 spiro atoms. The molecule has 30 heavy (non-hydrogen) atoms. The number of hydrogen-bond acceptors (Lipinski definition) is 5. The van der Waals surface area contributed by atoms with Crippen molar-refractivity contribution in [1.29, 1.82) is 0 Å². The monoisotopic (exact) mass is 407 g/mol. The van der Waals surface area contributed by atoms with E-state index in [0.29, 0.717) is 23.4 Å². The van der Waals surface area contributed by atoms with Gasteiger partial charge < -0.3 is 16.8 Å². The number of anilines is 1. The first kappa shape index (κ1) is 20.9. The van der Waals surface area contributed by atoms with Crippen LogP contribution < -0.4 is 16.8 Å². The van der Waals surface area contributed by atoms with Gasteiger partial charge >= 0.3 is 0 Å². The Morgan fingerprint density at radius 3 is 2.33 bits per heavy atom. The van der Waals surface area contributed by atoms with Gasteiger partial charge in [0.05, 0.1) is 11.3 Å². The highest BCUT2D eigenvalue weighted by atomic mass is 19.1. The summed E-state index contributed by atoms with van der Waals surface area (Å²) in [6, 6.07) is 14.3. The summed E-state index contributed by atoms with van der Waals surface area (Å²) >= 11 is 0. The van der Waals surface area contributed by atoms with Crippen LogP contribution in [-0.4, -0.2) is 28.6 Å². The molecule has 0 aliphatic rings. The molecule has 7 nitrogen and oxygen atoms in total. The standard InChI is InChI=1S/C22H22FN5O2/c1-22(2,15-6-8-16(23)9-7-15)12-26-21-17(20(25)30)11-18(27-28-21)13-4-3-5-14(10-13)19(24)29/h3-11H,12H2,1-2H3,(H2,24,29)(H2,25,30)(H,26,28). The number of primary amides is 2. The second-order valence-electron chi connectivity index (χ2n) is 7.55. The van der Waals surface area contributed by atoms with E-state index in [0.717, 1.165) is 5.56 Å². The van der Waals surface area contributed by atoms with E-state index in [4.69, 9.17) is 11.5 Å². The summed E-state index contributed by atoms with van der Waals surface area (Å²) in [6.45, 7) is 4.37. The van der Waals surface area contributed by atoms with Gasteiger partial charge in [-0.2, -0.15) is 0 Å². The lowest BCUT2D eigenvalue weighted by atomic mass is 9.84. The Hall–Kier alpha value is -3.81. The molecule has 0 bridgehead atoms. The van der Waals surface area contributed by atoms with Crippen molar-refractivity contribution in [2.45, 2.75) is 19.3 Å². The van der Waals surface area contributed by atoms with E-state index in [1.807, 2.05) is 13.8 Å². The highest BCUT2D eigenvalue weighted by Gasteiger charge is 2.22. The number of nitrogens with one attached hydrogen (secondary N) is 1. The first-order chi connectivity index (χ1) is 14.2. The minimum Gasteiger partial charge on any atom is -0.367 e. The van der Waals surface area contributed by atoms with Crippen LogP contribution in [0.5, 0.6) is 0 Å². The number of nitrogens with zero attached hydrogens (tertiary/aromatic N) is 2. The van der Waals surface area contributed by atoms with Crippen molar-refractivity contribution in [3.63, 3.8) is 0 Å². The van der Waals surface area contributed by atoms with E-state index in [1.54, 1.807) is 36.4 Å². The van der Waals surface area contributed by atoms with E-state index in [-0.39, 0.29) is 22.6 Å². The van der Waals surface area contributed by atoms with E-state index in [1.165, 1.54) is 18.2 Å². The molecule has 154 valence electrons. The number of hydrogen-bond donors (Lipinski definition) is 3.